The first kappa shape index (κ1) is 18.5. The number of sulfonamides is 1. The summed E-state index contributed by atoms with van der Waals surface area (Å²) in [7, 11) is -3.53. The average Bonchev–Trinajstić information content (AvgIpc) is 2.55. The molecule has 0 radical (unpaired) electrons. The van der Waals surface area contributed by atoms with Crippen LogP contribution in [-0.4, -0.2) is 26.6 Å². The molecule has 0 aliphatic rings. The van der Waals surface area contributed by atoms with Gasteiger partial charge in [-0.1, -0.05) is 30.3 Å². The highest BCUT2D eigenvalue weighted by atomic mass is 32.2. The van der Waals surface area contributed by atoms with Gasteiger partial charge in [-0.05, 0) is 29.8 Å². The lowest BCUT2D eigenvalue weighted by atomic mass is 10.2. The van der Waals surface area contributed by atoms with Crippen LogP contribution < -0.4 is 10.0 Å². The van der Waals surface area contributed by atoms with E-state index in [0.717, 1.165) is 5.75 Å². The Hall–Kier alpha value is -1.83. The van der Waals surface area contributed by atoms with Gasteiger partial charge in [0.05, 0.1) is 4.90 Å². The highest BCUT2D eigenvalue weighted by molar-refractivity contribution is 7.98. The summed E-state index contributed by atoms with van der Waals surface area (Å²) >= 11 is 1.68. The van der Waals surface area contributed by atoms with E-state index in [1.165, 1.54) is 24.6 Å². The fourth-order valence-corrected chi connectivity index (χ4v) is 4.00. The smallest absolute Gasteiger partial charge is 0.240 e. The van der Waals surface area contributed by atoms with Crippen molar-refractivity contribution in [2.24, 2.45) is 0 Å². The molecule has 0 aromatic heterocycles. The number of rotatable bonds is 8. The van der Waals surface area contributed by atoms with E-state index in [-0.39, 0.29) is 10.8 Å². The molecule has 0 aliphatic carbocycles. The van der Waals surface area contributed by atoms with E-state index in [9.17, 15) is 13.2 Å². The van der Waals surface area contributed by atoms with Crippen LogP contribution in [0, 0.1) is 0 Å². The van der Waals surface area contributed by atoms with Crippen molar-refractivity contribution in [1.29, 1.82) is 0 Å². The van der Waals surface area contributed by atoms with Gasteiger partial charge in [-0.15, -0.1) is 0 Å². The molecule has 24 heavy (non-hydrogen) atoms. The van der Waals surface area contributed by atoms with E-state index in [0.29, 0.717) is 18.0 Å². The van der Waals surface area contributed by atoms with Crippen LogP contribution in [-0.2, 0) is 20.6 Å². The number of benzene rings is 2. The Bertz CT molecular complexity index is 760. The molecule has 2 rings (SSSR count). The molecule has 0 bridgehead atoms. The number of hydrogen-bond donors (Lipinski definition) is 2. The van der Waals surface area contributed by atoms with Gasteiger partial charge in [0, 0.05) is 30.7 Å². The van der Waals surface area contributed by atoms with E-state index in [2.05, 4.69) is 10.0 Å². The van der Waals surface area contributed by atoms with Gasteiger partial charge in [-0.3, -0.25) is 4.79 Å². The van der Waals surface area contributed by atoms with Crippen LogP contribution in [0.25, 0.3) is 0 Å². The topological polar surface area (TPSA) is 75.3 Å². The van der Waals surface area contributed by atoms with E-state index < -0.39 is 10.0 Å². The molecule has 0 aliphatic heterocycles. The third-order valence-electron chi connectivity index (χ3n) is 3.14. The van der Waals surface area contributed by atoms with Gasteiger partial charge < -0.3 is 5.32 Å². The zero-order chi connectivity index (χ0) is 17.4. The number of thioether (sulfide) groups is 1. The minimum Gasteiger partial charge on any atom is -0.326 e. The summed E-state index contributed by atoms with van der Waals surface area (Å²) in [6.07, 6.45) is 0. The SMILES string of the molecule is CC(=O)Nc1ccc(S(=O)(=O)NCCSCc2ccccc2)cc1. The Morgan fingerprint density at radius 1 is 1.04 bits per heavy atom. The van der Waals surface area contributed by atoms with Gasteiger partial charge in [0.1, 0.15) is 0 Å². The molecule has 0 heterocycles. The minimum absolute atomic E-state index is 0.185. The lowest BCUT2D eigenvalue weighted by molar-refractivity contribution is -0.114. The molecular weight excluding hydrogens is 344 g/mol. The predicted molar refractivity (Wildman–Crippen MR) is 98.5 cm³/mol. The second-order valence-corrected chi connectivity index (χ2v) is 8.01. The first-order valence-corrected chi connectivity index (χ1v) is 10.1. The zero-order valence-corrected chi connectivity index (χ0v) is 15.0. The van der Waals surface area contributed by atoms with Crippen LogP contribution in [0.1, 0.15) is 12.5 Å². The molecular formula is C17H20N2O3S2. The highest BCUT2D eigenvalue weighted by Crippen LogP contribution is 2.15. The van der Waals surface area contributed by atoms with Crippen LogP contribution in [0.5, 0.6) is 0 Å². The average molecular weight is 364 g/mol. The molecule has 0 atom stereocenters. The number of hydrogen-bond acceptors (Lipinski definition) is 4. The van der Waals surface area contributed by atoms with Crippen molar-refractivity contribution in [1.82, 2.24) is 4.72 Å². The third kappa shape index (κ3) is 5.99. The molecule has 5 nitrogen and oxygen atoms in total. The van der Waals surface area contributed by atoms with E-state index in [1.54, 1.807) is 23.9 Å². The van der Waals surface area contributed by atoms with Crippen molar-refractivity contribution >= 4 is 33.4 Å². The van der Waals surface area contributed by atoms with Crippen molar-refractivity contribution in [2.75, 3.05) is 17.6 Å². The standard InChI is InChI=1S/C17H20N2O3S2/c1-14(20)19-16-7-9-17(10-8-16)24(21,22)18-11-12-23-13-15-5-3-2-4-6-15/h2-10,18H,11-13H2,1H3,(H,19,20). The number of carbonyl (C=O) groups excluding carboxylic acids is 1. The van der Waals surface area contributed by atoms with Crippen LogP contribution in [0.2, 0.25) is 0 Å². The van der Waals surface area contributed by atoms with Gasteiger partial charge in [0.25, 0.3) is 0 Å². The molecule has 2 N–H and O–H groups in total. The highest BCUT2D eigenvalue weighted by Gasteiger charge is 2.13. The Morgan fingerprint density at radius 3 is 2.33 bits per heavy atom. The Labute approximate surface area is 146 Å². The van der Waals surface area contributed by atoms with Gasteiger partial charge in [-0.25, -0.2) is 13.1 Å². The van der Waals surface area contributed by atoms with Crippen LogP contribution in [0.4, 0.5) is 5.69 Å². The van der Waals surface area contributed by atoms with E-state index >= 15 is 0 Å². The molecule has 128 valence electrons. The van der Waals surface area contributed by atoms with E-state index in [4.69, 9.17) is 0 Å². The van der Waals surface area contributed by atoms with Gasteiger partial charge in [0.2, 0.25) is 15.9 Å². The van der Waals surface area contributed by atoms with Crippen LogP contribution >= 0.6 is 11.8 Å². The van der Waals surface area contributed by atoms with Gasteiger partial charge in [-0.2, -0.15) is 11.8 Å². The fourth-order valence-electron chi connectivity index (χ4n) is 2.02. The first-order valence-electron chi connectivity index (χ1n) is 7.46. The maximum absolute atomic E-state index is 12.2. The van der Waals surface area contributed by atoms with Crippen molar-refractivity contribution in [3.63, 3.8) is 0 Å². The summed E-state index contributed by atoms with van der Waals surface area (Å²) < 4.78 is 27.0. The first-order chi connectivity index (χ1) is 11.5. The molecule has 7 heteroatoms. The van der Waals surface area contributed by atoms with Gasteiger partial charge in [0.15, 0.2) is 0 Å². The minimum atomic E-state index is -3.53. The Balaban J connectivity index is 1.79. The molecule has 2 aromatic carbocycles. The second kappa shape index (κ2) is 8.86. The third-order valence-corrected chi connectivity index (χ3v) is 5.64. The molecule has 0 unspecified atom stereocenters. The van der Waals surface area contributed by atoms with E-state index in [1.807, 2.05) is 30.3 Å². The molecule has 0 saturated heterocycles. The maximum Gasteiger partial charge on any atom is 0.240 e. The molecule has 0 spiro atoms. The second-order valence-electron chi connectivity index (χ2n) is 5.14. The Kier molecular flexibility index (Phi) is 6.84. The molecule has 1 amide bonds. The molecule has 0 saturated carbocycles. The summed E-state index contributed by atoms with van der Waals surface area (Å²) in [5, 5.41) is 2.60. The fraction of sp³-hybridized carbons (Fsp3) is 0.235. The summed E-state index contributed by atoms with van der Waals surface area (Å²) in [6, 6.07) is 16.1. The van der Waals surface area contributed by atoms with Gasteiger partial charge >= 0.3 is 0 Å². The van der Waals surface area contributed by atoms with Crippen LogP contribution in [0.3, 0.4) is 0 Å². The monoisotopic (exact) mass is 364 g/mol. The van der Waals surface area contributed by atoms with Crippen molar-refractivity contribution in [3.8, 4) is 0 Å². The maximum atomic E-state index is 12.2. The number of nitrogens with one attached hydrogen (secondary N) is 2. The number of amides is 1. The normalized spacial score (nSPS) is 11.2. The Morgan fingerprint density at radius 2 is 1.71 bits per heavy atom. The quantitative estimate of drug-likeness (QED) is 0.706. The summed E-state index contributed by atoms with van der Waals surface area (Å²) in [6.45, 7) is 1.77. The largest absolute Gasteiger partial charge is 0.326 e. The summed E-state index contributed by atoms with van der Waals surface area (Å²) in [5.41, 5.74) is 1.79. The summed E-state index contributed by atoms with van der Waals surface area (Å²) in [4.78, 5) is 11.1. The number of anilines is 1. The predicted octanol–water partition coefficient (Wildman–Crippen LogP) is 2.86. The molecule has 2 aromatic rings. The van der Waals surface area contributed by atoms with Crippen molar-refractivity contribution < 1.29 is 13.2 Å². The van der Waals surface area contributed by atoms with Crippen LogP contribution in [0.15, 0.2) is 59.5 Å². The summed E-state index contributed by atoms with van der Waals surface area (Å²) in [5.74, 6) is 1.35. The van der Waals surface area contributed by atoms with Crippen molar-refractivity contribution in [3.05, 3.63) is 60.2 Å². The van der Waals surface area contributed by atoms with Crippen molar-refractivity contribution in [2.45, 2.75) is 17.6 Å². The zero-order valence-electron chi connectivity index (χ0n) is 13.4. The lowest BCUT2D eigenvalue weighted by Gasteiger charge is -2.08. The number of carbonyl (C=O) groups is 1. The molecule has 0 fully saturated rings. The lowest BCUT2D eigenvalue weighted by Crippen LogP contribution is -2.26.